The van der Waals surface area contributed by atoms with E-state index in [0.29, 0.717) is 0 Å². The number of nitrogens with two attached hydrogens (primary N) is 1. The first-order valence-corrected chi connectivity index (χ1v) is 3.41. The Morgan fingerprint density at radius 2 is 2.00 bits per heavy atom. The highest BCUT2D eigenvalue weighted by Gasteiger charge is 2.10. The number of nitrogens with zero attached hydrogens (tertiary/aromatic N) is 1. The Bertz CT molecular complexity index is 103. The zero-order valence-corrected chi connectivity index (χ0v) is 6.50. The fourth-order valence-corrected chi connectivity index (χ4v) is 0.744. The molecule has 0 aromatic heterocycles. The molecule has 0 spiro atoms. The van der Waals surface area contributed by atoms with Gasteiger partial charge in [-0.1, -0.05) is 0 Å². The SMILES string of the molecule is CN(CC(F)F)CC(O)CN. The molecule has 0 aliphatic heterocycles. The van der Waals surface area contributed by atoms with Gasteiger partial charge in [0.2, 0.25) is 0 Å². The summed E-state index contributed by atoms with van der Waals surface area (Å²) in [7, 11) is 1.52. The van der Waals surface area contributed by atoms with E-state index >= 15 is 0 Å². The molecule has 68 valence electrons. The Kier molecular flexibility index (Phi) is 5.27. The van der Waals surface area contributed by atoms with E-state index in [1.807, 2.05) is 0 Å². The van der Waals surface area contributed by atoms with Crippen LogP contribution in [-0.4, -0.2) is 49.2 Å². The van der Waals surface area contributed by atoms with Crippen molar-refractivity contribution < 1.29 is 13.9 Å². The highest BCUT2D eigenvalue weighted by molar-refractivity contribution is 4.61. The average Bonchev–Trinajstić information content (AvgIpc) is 1.85. The summed E-state index contributed by atoms with van der Waals surface area (Å²) in [6.45, 7) is -0.0223. The molecule has 11 heavy (non-hydrogen) atoms. The summed E-state index contributed by atoms with van der Waals surface area (Å²) in [6, 6.07) is 0. The van der Waals surface area contributed by atoms with Crippen LogP contribution in [0, 0.1) is 0 Å². The maximum absolute atomic E-state index is 11.7. The predicted octanol–water partition coefficient (Wildman–Crippen LogP) is -0.497. The molecule has 0 fully saturated rings. The summed E-state index contributed by atoms with van der Waals surface area (Å²) in [5.41, 5.74) is 5.09. The zero-order chi connectivity index (χ0) is 8.85. The third-order valence-corrected chi connectivity index (χ3v) is 1.24. The topological polar surface area (TPSA) is 49.5 Å². The van der Waals surface area contributed by atoms with Crippen LogP contribution >= 0.6 is 0 Å². The molecule has 0 aliphatic rings. The summed E-state index contributed by atoms with van der Waals surface area (Å²) < 4.78 is 23.4. The summed E-state index contributed by atoms with van der Waals surface area (Å²) in [4.78, 5) is 1.35. The molecule has 3 N–H and O–H groups in total. The number of alkyl halides is 2. The van der Waals surface area contributed by atoms with Gasteiger partial charge in [0.05, 0.1) is 12.6 Å². The molecule has 0 radical (unpaired) electrons. The van der Waals surface area contributed by atoms with E-state index in [2.05, 4.69) is 0 Å². The van der Waals surface area contributed by atoms with Crippen molar-refractivity contribution in [3.8, 4) is 0 Å². The number of hydrogen-bond donors (Lipinski definition) is 2. The lowest BCUT2D eigenvalue weighted by Crippen LogP contribution is -2.36. The van der Waals surface area contributed by atoms with Gasteiger partial charge in [0.25, 0.3) is 6.43 Å². The van der Waals surface area contributed by atoms with Gasteiger partial charge in [0.1, 0.15) is 0 Å². The molecule has 5 heteroatoms. The number of halogens is 2. The minimum Gasteiger partial charge on any atom is -0.390 e. The van der Waals surface area contributed by atoms with Crippen molar-refractivity contribution in [2.75, 3.05) is 26.7 Å². The first kappa shape index (κ1) is 10.7. The molecule has 1 atom stereocenters. The molecule has 3 nitrogen and oxygen atoms in total. The molecule has 0 amide bonds. The zero-order valence-electron chi connectivity index (χ0n) is 6.50. The number of hydrogen-bond acceptors (Lipinski definition) is 3. The van der Waals surface area contributed by atoms with Gasteiger partial charge >= 0.3 is 0 Å². The van der Waals surface area contributed by atoms with Crippen molar-refractivity contribution in [2.24, 2.45) is 5.73 Å². The molecule has 0 rings (SSSR count). The lowest BCUT2D eigenvalue weighted by atomic mass is 10.3. The van der Waals surface area contributed by atoms with Gasteiger partial charge in [-0.15, -0.1) is 0 Å². The third-order valence-electron chi connectivity index (χ3n) is 1.24. The van der Waals surface area contributed by atoms with E-state index in [1.165, 1.54) is 11.9 Å². The fourth-order valence-electron chi connectivity index (χ4n) is 0.744. The molecular formula is C6H14F2N2O. The van der Waals surface area contributed by atoms with Crippen LogP contribution in [0.3, 0.4) is 0 Å². The smallest absolute Gasteiger partial charge is 0.251 e. The number of aliphatic hydroxyl groups is 1. The quantitative estimate of drug-likeness (QED) is 0.582. The highest BCUT2D eigenvalue weighted by atomic mass is 19.3. The Balaban J connectivity index is 3.43. The van der Waals surface area contributed by atoms with Gasteiger partial charge in [-0.2, -0.15) is 0 Å². The van der Waals surface area contributed by atoms with Gasteiger partial charge in [-0.3, -0.25) is 4.90 Å². The normalized spacial score (nSPS) is 14.5. The van der Waals surface area contributed by atoms with Crippen molar-refractivity contribution >= 4 is 0 Å². The summed E-state index contributed by atoms with van der Waals surface area (Å²) in [5, 5.41) is 8.93. The Labute approximate surface area is 64.8 Å². The van der Waals surface area contributed by atoms with Crippen molar-refractivity contribution in [1.82, 2.24) is 4.90 Å². The van der Waals surface area contributed by atoms with Crippen LogP contribution in [0.2, 0.25) is 0 Å². The molecule has 0 aromatic rings. The Morgan fingerprint density at radius 3 is 2.36 bits per heavy atom. The fraction of sp³-hybridized carbons (Fsp3) is 1.00. The van der Waals surface area contributed by atoms with Crippen LogP contribution in [0.1, 0.15) is 0 Å². The first-order valence-electron chi connectivity index (χ1n) is 3.41. The van der Waals surface area contributed by atoms with Crippen LogP contribution in [-0.2, 0) is 0 Å². The Morgan fingerprint density at radius 1 is 1.45 bits per heavy atom. The molecule has 0 bridgehead atoms. The van der Waals surface area contributed by atoms with E-state index in [-0.39, 0.29) is 19.6 Å². The molecule has 0 saturated heterocycles. The summed E-state index contributed by atoms with van der Waals surface area (Å²) in [5.74, 6) is 0. The summed E-state index contributed by atoms with van der Waals surface area (Å²) >= 11 is 0. The molecular weight excluding hydrogens is 154 g/mol. The minimum absolute atomic E-state index is 0.105. The lowest BCUT2D eigenvalue weighted by molar-refractivity contribution is 0.0708. The standard InChI is InChI=1S/C6H14F2N2O/c1-10(4-6(7)8)3-5(11)2-9/h5-6,11H,2-4,9H2,1H3. The second-order valence-corrected chi connectivity index (χ2v) is 2.50. The number of aliphatic hydroxyl groups excluding tert-OH is 1. The summed E-state index contributed by atoms with van der Waals surface area (Å²) in [6.07, 6.45) is -3.07. The Hall–Kier alpha value is -0.260. The third kappa shape index (κ3) is 6.15. The maximum Gasteiger partial charge on any atom is 0.251 e. The van der Waals surface area contributed by atoms with Crippen LogP contribution in [0.5, 0.6) is 0 Å². The van der Waals surface area contributed by atoms with Crippen LogP contribution < -0.4 is 5.73 Å². The van der Waals surface area contributed by atoms with Crippen molar-refractivity contribution in [3.63, 3.8) is 0 Å². The van der Waals surface area contributed by atoms with E-state index < -0.39 is 12.5 Å². The molecule has 0 heterocycles. The van der Waals surface area contributed by atoms with Gasteiger partial charge in [0.15, 0.2) is 0 Å². The number of rotatable bonds is 5. The molecule has 1 unspecified atom stereocenters. The van der Waals surface area contributed by atoms with E-state index in [1.54, 1.807) is 0 Å². The monoisotopic (exact) mass is 168 g/mol. The molecule has 0 aliphatic carbocycles. The average molecular weight is 168 g/mol. The number of likely N-dealkylation sites (N-methyl/N-ethyl adjacent to an activating group) is 1. The minimum atomic E-state index is -2.36. The van der Waals surface area contributed by atoms with Gasteiger partial charge < -0.3 is 10.8 Å². The van der Waals surface area contributed by atoms with E-state index in [9.17, 15) is 8.78 Å². The first-order chi connectivity index (χ1) is 5.06. The van der Waals surface area contributed by atoms with Gasteiger partial charge in [-0.25, -0.2) is 8.78 Å². The molecule has 0 aromatic carbocycles. The van der Waals surface area contributed by atoms with Crippen LogP contribution in [0.25, 0.3) is 0 Å². The van der Waals surface area contributed by atoms with Crippen molar-refractivity contribution in [2.45, 2.75) is 12.5 Å². The van der Waals surface area contributed by atoms with Crippen LogP contribution in [0.15, 0.2) is 0 Å². The van der Waals surface area contributed by atoms with Gasteiger partial charge in [0, 0.05) is 13.1 Å². The van der Waals surface area contributed by atoms with Crippen molar-refractivity contribution in [3.05, 3.63) is 0 Å². The highest BCUT2D eigenvalue weighted by Crippen LogP contribution is 1.96. The van der Waals surface area contributed by atoms with Crippen LogP contribution in [0.4, 0.5) is 8.78 Å². The van der Waals surface area contributed by atoms with E-state index in [0.717, 1.165) is 0 Å². The predicted molar refractivity (Wildman–Crippen MR) is 38.6 cm³/mol. The second kappa shape index (κ2) is 5.40. The second-order valence-electron chi connectivity index (χ2n) is 2.50. The lowest BCUT2D eigenvalue weighted by Gasteiger charge is -2.18. The van der Waals surface area contributed by atoms with Gasteiger partial charge in [-0.05, 0) is 7.05 Å². The largest absolute Gasteiger partial charge is 0.390 e. The van der Waals surface area contributed by atoms with E-state index in [4.69, 9.17) is 10.8 Å². The van der Waals surface area contributed by atoms with Crippen molar-refractivity contribution in [1.29, 1.82) is 0 Å². The molecule has 0 saturated carbocycles. The maximum atomic E-state index is 11.7.